The van der Waals surface area contributed by atoms with Crippen LogP contribution in [-0.2, 0) is 24.0 Å². The summed E-state index contributed by atoms with van der Waals surface area (Å²) in [6, 6.07) is 14.2. The van der Waals surface area contributed by atoms with Gasteiger partial charge in [0.25, 0.3) is 5.91 Å². The number of rotatable bonds is 11. The van der Waals surface area contributed by atoms with Crippen molar-refractivity contribution in [3.63, 3.8) is 0 Å². The zero-order valence-corrected chi connectivity index (χ0v) is 25.0. The number of carbonyl (C=O) groups excluding carboxylic acids is 4. The van der Waals surface area contributed by atoms with E-state index >= 15 is 0 Å². The number of aromatic nitrogens is 1. The first-order valence-electron chi connectivity index (χ1n) is 14.1. The van der Waals surface area contributed by atoms with E-state index in [0.717, 1.165) is 11.3 Å². The van der Waals surface area contributed by atoms with Gasteiger partial charge in [-0.3, -0.25) is 19.8 Å². The molecule has 0 bridgehead atoms. The minimum Gasteiger partial charge on any atom is -0.422 e. The fourth-order valence-electron chi connectivity index (χ4n) is 5.50. The molecule has 44 heavy (non-hydrogen) atoms. The Hall–Kier alpha value is -4.66. The Bertz CT molecular complexity index is 1630. The number of fused-ring (bicyclic) bond motifs is 3. The van der Waals surface area contributed by atoms with E-state index in [-0.39, 0.29) is 24.1 Å². The molecule has 3 heterocycles. The van der Waals surface area contributed by atoms with E-state index in [1.54, 1.807) is 20.8 Å². The van der Waals surface area contributed by atoms with E-state index in [1.165, 1.54) is 32.5 Å². The third-order valence-electron chi connectivity index (χ3n) is 7.89. The second kappa shape index (κ2) is 11.4. The molecule has 0 spiro atoms. The molecule has 2 aromatic carbocycles. The molecule has 0 unspecified atom stereocenters. The van der Waals surface area contributed by atoms with Gasteiger partial charge in [0, 0.05) is 17.8 Å². The van der Waals surface area contributed by atoms with Gasteiger partial charge in [-0.1, -0.05) is 48.5 Å². The Labute approximate surface area is 256 Å². The van der Waals surface area contributed by atoms with Crippen molar-refractivity contribution in [1.82, 2.24) is 26.4 Å². The Morgan fingerprint density at radius 1 is 1.14 bits per heavy atom. The molecule has 14 heteroatoms. The number of benzene rings is 2. The largest absolute Gasteiger partial charge is 0.422 e. The van der Waals surface area contributed by atoms with Gasteiger partial charge in [0.1, 0.15) is 23.5 Å². The maximum atomic E-state index is 12.7. The number of hydrogen-bond acceptors (Lipinski definition) is 10. The fraction of sp³-hybridized carbons (Fsp3) is 0.333. The third kappa shape index (κ3) is 5.31. The number of β-lactam (4-membered cyclic amide) rings is 1. The summed E-state index contributed by atoms with van der Waals surface area (Å²) < 4.78 is 5.06. The maximum Gasteiger partial charge on any atom is 0.421 e. The highest BCUT2D eigenvalue weighted by Gasteiger charge is 2.49. The molecule has 2 saturated heterocycles. The third-order valence-corrected chi connectivity index (χ3v) is 8.71. The van der Waals surface area contributed by atoms with Crippen LogP contribution < -0.4 is 26.3 Å². The Kier molecular flexibility index (Phi) is 7.65. The van der Waals surface area contributed by atoms with Crippen LogP contribution in [0.1, 0.15) is 43.5 Å². The van der Waals surface area contributed by atoms with Crippen molar-refractivity contribution >= 4 is 46.0 Å². The molecule has 3 atom stereocenters. The summed E-state index contributed by atoms with van der Waals surface area (Å²) in [5, 5.41) is 18.0. The van der Waals surface area contributed by atoms with E-state index in [0.29, 0.717) is 11.7 Å². The lowest BCUT2D eigenvalue weighted by atomic mass is 9.98. The second-order valence-corrected chi connectivity index (χ2v) is 12.1. The molecule has 0 saturated carbocycles. The fourth-order valence-corrected chi connectivity index (χ4v) is 6.43. The number of nitrogens with zero attached hydrogens (tertiary/aromatic N) is 2. The molecule has 3 aromatic rings. The minimum absolute atomic E-state index is 0.0355. The van der Waals surface area contributed by atoms with Crippen molar-refractivity contribution in [3.05, 3.63) is 70.7 Å². The van der Waals surface area contributed by atoms with Crippen molar-refractivity contribution in [3.8, 4) is 11.1 Å². The number of hydrogen-bond donors (Lipinski definition) is 5. The van der Waals surface area contributed by atoms with Gasteiger partial charge in [0.2, 0.25) is 11.8 Å². The highest BCUT2D eigenvalue weighted by atomic mass is 32.1. The molecule has 4 amide bonds. The van der Waals surface area contributed by atoms with Crippen LogP contribution in [0.5, 0.6) is 0 Å². The smallest absolute Gasteiger partial charge is 0.421 e. The van der Waals surface area contributed by atoms with Gasteiger partial charge >= 0.3 is 6.09 Å². The highest BCUT2D eigenvalue weighted by molar-refractivity contribution is 7.14. The molecule has 228 valence electrons. The molecule has 5 N–H and O–H groups in total. The van der Waals surface area contributed by atoms with Crippen LogP contribution in [0.3, 0.4) is 0 Å². The molecule has 2 aliphatic heterocycles. The minimum atomic E-state index is -0.937. The van der Waals surface area contributed by atoms with Crippen LogP contribution >= 0.6 is 11.3 Å². The molecule has 6 rings (SSSR count). The number of hydroxylamine groups is 1. The SMILES string of the molecule is C[C@H](NOCC1c2ccccc2-c2ccccc21)C(=O)NC[C@H]1NC(=O)[C@H]1NC(=O)C(=N)c1csc(N2C(=O)OC2(C)C)n1. The summed E-state index contributed by atoms with van der Waals surface area (Å²) in [5.41, 5.74) is 6.26. The number of anilines is 1. The van der Waals surface area contributed by atoms with E-state index < -0.39 is 47.5 Å². The van der Waals surface area contributed by atoms with Gasteiger partial charge in [-0.15, -0.1) is 11.3 Å². The second-order valence-electron chi connectivity index (χ2n) is 11.2. The summed E-state index contributed by atoms with van der Waals surface area (Å²) in [6.45, 7) is 5.45. The Balaban J connectivity index is 0.967. The van der Waals surface area contributed by atoms with E-state index in [4.69, 9.17) is 15.0 Å². The van der Waals surface area contributed by atoms with Crippen LogP contribution in [0.15, 0.2) is 53.9 Å². The van der Waals surface area contributed by atoms with E-state index in [1.807, 2.05) is 24.3 Å². The number of cyclic esters (lactones) is 1. The van der Waals surface area contributed by atoms with Crippen molar-refractivity contribution in [1.29, 1.82) is 5.41 Å². The first-order chi connectivity index (χ1) is 21.0. The van der Waals surface area contributed by atoms with Gasteiger partial charge < -0.3 is 25.5 Å². The standard InChI is InChI=1S/C30H31N7O6S/c1-15(36-42-13-20-18-10-6-4-8-16(18)17-9-5-7-11-19(17)20)25(38)32-12-21-24(27(40)33-21)35-26(39)23(31)22-14-44-28(34-22)37-29(41)43-30(37,2)3/h4-11,14-15,20-21,24,31,36H,12-13H2,1-3H3,(H,32,38)(H,33,40)(H,35,39)/t15-,21+,24-/m0/s1. The molecular weight excluding hydrogens is 586 g/mol. The van der Waals surface area contributed by atoms with Crippen molar-refractivity contribution in [2.75, 3.05) is 18.1 Å². The number of amides is 4. The lowest BCUT2D eigenvalue weighted by Crippen LogP contribution is -2.72. The van der Waals surface area contributed by atoms with Crippen LogP contribution in [0.25, 0.3) is 11.1 Å². The van der Waals surface area contributed by atoms with Crippen LogP contribution in [0.2, 0.25) is 0 Å². The summed E-state index contributed by atoms with van der Waals surface area (Å²) in [4.78, 5) is 60.8. The van der Waals surface area contributed by atoms with E-state index in [9.17, 15) is 19.2 Å². The molecule has 1 aromatic heterocycles. The van der Waals surface area contributed by atoms with Gasteiger partial charge in [-0.25, -0.2) is 14.7 Å². The normalized spacial score (nSPS) is 20.3. The number of thiazole rings is 1. The lowest BCUT2D eigenvalue weighted by Gasteiger charge is -2.44. The van der Waals surface area contributed by atoms with Crippen LogP contribution in [0, 0.1) is 5.41 Å². The Morgan fingerprint density at radius 3 is 2.41 bits per heavy atom. The quantitative estimate of drug-likeness (QED) is 0.123. The molecular formula is C30H31N7O6S. The van der Waals surface area contributed by atoms with Crippen molar-refractivity contribution < 1.29 is 28.8 Å². The van der Waals surface area contributed by atoms with Gasteiger partial charge in [-0.05, 0) is 43.0 Å². The van der Waals surface area contributed by atoms with E-state index in [2.05, 4.69) is 50.7 Å². The first-order valence-corrected chi connectivity index (χ1v) is 14.9. The van der Waals surface area contributed by atoms with Gasteiger partial charge in [-0.2, -0.15) is 5.48 Å². The topological polar surface area (TPSA) is 175 Å². The molecule has 0 radical (unpaired) electrons. The summed E-state index contributed by atoms with van der Waals surface area (Å²) in [5.74, 6) is -1.55. The summed E-state index contributed by atoms with van der Waals surface area (Å²) in [7, 11) is 0. The van der Waals surface area contributed by atoms with Crippen molar-refractivity contribution in [2.45, 2.75) is 50.5 Å². The maximum absolute atomic E-state index is 12.7. The molecule has 3 aliphatic rings. The number of carbonyl (C=O) groups is 4. The zero-order chi connectivity index (χ0) is 31.2. The Morgan fingerprint density at radius 2 is 1.80 bits per heavy atom. The van der Waals surface area contributed by atoms with Crippen LogP contribution in [0.4, 0.5) is 9.93 Å². The van der Waals surface area contributed by atoms with Gasteiger partial charge in [0.05, 0.1) is 12.6 Å². The average molecular weight is 618 g/mol. The molecule has 13 nitrogen and oxygen atoms in total. The van der Waals surface area contributed by atoms with Crippen molar-refractivity contribution in [2.24, 2.45) is 0 Å². The summed E-state index contributed by atoms with van der Waals surface area (Å²) in [6.07, 6.45) is -0.565. The summed E-state index contributed by atoms with van der Waals surface area (Å²) >= 11 is 1.10. The van der Waals surface area contributed by atoms with Gasteiger partial charge in [0.15, 0.2) is 10.9 Å². The predicted octanol–water partition coefficient (Wildman–Crippen LogP) is 2.03. The highest BCUT2D eigenvalue weighted by Crippen LogP contribution is 2.44. The number of ether oxygens (including phenoxy) is 1. The number of nitrogens with one attached hydrogen (secondary N) is 5. The molecule has 2 fully saturated rings. The first kappa shape index (κ1) is 29.4. The predicted molar refractivity (Wildman–Crippen MR) is 161 cm³/mol. The average Bonchev–Trinajstić information content (AvgIpc) is 3.59. The zero-order valence-electron chi connectivity index (χ0n) is 24.2. The monoisotopic (exact) mass is 617 g/mol. The molecule has 1 aliphatic carbocycles. The lowest BCUT2D eigenvalue weighted by molar-refractivity contribution is -0.135. The van der Waals surface area contributed by atoms with Crippen LogP contribution in [-0.4, -0.2) is 71.5 Å².